The molecule has 2 fully saturated rings. The zero-order valence-corrected chi connectivity index (χ0v) is 14.7. The molecule has 1 unspecified atom stereocenters. The predicted molar refractivity (Wildman–Crippen MR) is 95.3 cm³/mol. The van der Waals surface area contributed by atoms with Gasteiger partial charge in [0.2, 0.25) is 0 Å². The van der Waals surface area contributed by atoms with E-state index in [1.807, 2.05) is 29.7 Å². The number of piperidine rings is 1. The van der Waals surface area contributed by atoms with Crippen LogP contribution < -0.4 is 15.4 Å². The molecule has 1 saturated carbocycles. The van der Waals surface area contributed by atoms with E-state index in [9.17, 15) is 4.79 Å². The van der Waals surface area contributed by atoms with E-state index >= 15 is 0 Å². The van der Waals surface area contributed by atoms with Crippen LogP contribution in [0.25, 0.3) is 5.69 Å². The molecule has 1 aromatic carbocycles. The van der Waals surface area contributed by atoms with Gasteiger partial charge in [0.25, 0.3) is 5.91 Å². The molecule has 132 valence electrons. The Morgan fingerprint density at radius 1 is 1.40 bits per heavy atom. The number of imidazole rings is 1. The highest BCUT2D eigenvalue weighted by molar-refractivity contribution is 5.92. The number of aromatic nitrogens is 2. The van der Waals surface area contributed by atoms with E-state index in [4.69, 9.17) is 4.74 Å². The van der Waals surface area contributed by atoms with Crippen molar-refractivity contribution in [1.29, 1.82) is 0 Å². The van der Waals surface area contributed by atoms with Gasteiger partial charge in [-0.1, -0.05) is 6.07 Å². The van der Waals surface area contributed by atoms with E-state index in [-0.39, 0.29) is 5.91 Å². The van der Waals surface area contributed by atoms with Crippen molar-refractivity contribution in [1.82, 2.24) is 20.2 Å². The minimum Gasteiger partial charge on any atom is -0.495 e. The number of carbonyl (C=O) groups excluding carboxylic acids is 1. The van der Waals surface area contributed by atoms with Gasteiger partial charge >= 0.3 is 0 Å². The highest BCUT2D eigenvalue weighted by Gasteiger charge is 2.54. The number of ether oxygens (including phenoxy) is 1. The maximum absolute atomic E-state index is 12.6. The number of hydrogen-bond acceptors (Lipinski definition) is 4. The summed E-state index contributed by atoms with van der Waals surface area (Å²) in [5, 5.41) is 6.54. The smallest absolute Gasteiger partial charge is 0.271 e. The van der Waals surface area contributed by atoms with E-state index in [0.29, 0.717) is 17.2 Å². The molecule has 1 saturated heterocycles. The Bertz CT molecular complexity index is 792. The first-order chi connectivity index (χ1) is 12.1. The Labute approximate surface area is 147 Å². The first kappa shape index (κ1) is 16.1. The Morgan fingerprint density at radius 3 is 2.96 bits per heavy atom. The van der Waals surface area contributed by atoms with Crippen molar-refractivity contribution < 1.29 is 9.53 Å². The Hall–Kier alpha value is -2.34. The summed E-state index contributed by atoms with van der Waals surface area (Å²) < 4.78 is 7.26. The summed E-state index contributed by atoms with van der Waals surface area (Å²) in [5.41, 5.74) is 2.78. The number of benzene rings is 1. The van der Waals surface area contributed by atoms with Crippen LogP contribution in [0.2, 0.25) is 0 Å². The summed E-state index contributed by atoms with van der Waals surface area (Å²) >= 11 is 0. The molecule has 2 aromatic rings. The van der Waals surface area contributed by atoms with E-state index in [1.165, 1.54) is 0 Å². The molecule has 1 aliphatic heterocycles. The van der Waals surface area contributed by atoms with Gasteiger partial charge in [-0.05, 0) is 62.4 Å². The first-order valence-electron chi connectivity index (χ1n) is 8.82. The second kappa shape index (κ2) is 6.19. The van der Waals surface area contributed by atoms with Gasteiger partial charge in [0.15, 0.2) is 0 Å². The number of nitrogens with zero attached hydrogens (tertiary/aromatic N) is 2. The summed E-state index contributed by atoms with van der Waals surface area (Å²) in [7, 11) is 1.64. The molecule has 2 heterocycles. The molecule has 1 spiro atoms. The van der Waals surface area contributed by atoms with Gasteiger partial charge in [0, 0.05) is 12.2 Å². The molecule has 1 amide bonds. The van der Waals surface area contributed by atoms with E-state index in [0.717, 1.165) is 49.4 Å². The predicted octanol–water partition coefficient (Wildman–Crippen LogP) is 2.06. The van der Waals surface area contributed by atoms with E-state index < -0.39 is 0 Å². The van der Waals surface area contributed by atoms with Crippen LogP contribution >= 0.6 is 0 Å². The highest BCUT2D eigenvalue weighted by atomic mass is 16.5. The molecule has 4 rings (SSSR count). The fraction of sp³-hybridized carbons (Fsp3) is 0.474. The lowest BCUT2D eigenvalue weighted by molar-refractivity contribution is 0.0938. The average Bonchev–Trinajstić information content (AvgIpc) is 3.06. The third kappa shape index (κ3) is 3.02. The maximum Gasteiger partial charge on any atom is 0.271 e. The number of hydrogen-bond donors (Lipinski definition) is 2. The lowest BCUT2D eigenvalue weighted by Crippen LogP contribution is -2.36. The first-order valence-corrected chi connectivity index (χ1v) is 8.82. The van der Waals surface area contributed by atoms with Gasteiger partial charge in [0.05, 0.1) is 12.8 Å². The van der Waals surface area contributed by atoms with Crippen molar-refractivity contribution in [2.75, 3.05) is 20.2 Å². The Kier molecular flexibility index (Phi) is 4.00. The van der Waals surface area contributed by atoms with E-state index in [1.54, 1.807) is 19.6 Å². The van der Waals surface area contributed by atoms with Gasteiger partial charge in [-0.25, -0.2) is 4.98 Å². The quantitative estimate of drug-likeness (QED) is 0.894. The molecule has 6 heteroatoms. The van der Waals surface area contributed by atoms with Crippen LogP contribution in [0.1, 0.15) is 35.3 Å². The number of aryl methyl sites for hydroxylation is 1. The molecule has 6 nitrogen and oxygen atoms in total. The number of amides is 1. The number of rotatable bonds is 4. The summed E-state index contributed by atoms with van der Waals surface area (Å²) in [6, 6.07) is 6.24. The van der Waals surface area contributed by atoms with Crippen molar-refractivity contribution in [3.8, 4) is 11.4 Å². The molecule has 1 aliphatic carbocycles. The molecule has 25 heavy (non-hydrogen) atoms. The van der Waals surface area contributed by atoms with Crippen molar-refractivity contribution in [3.63, 3.8) is 0 Å². The zero-order chi connectivity index (χ0) is 17.4. The second-order valence-electron chi connectivity index (χ2n) is 7.18. The number of carbonyl (C=O) groups is 1. The molecular formula is C19H24N4O2. The van der Waals surface area contributed by atoms with Crippen molar-refractivity contribution >= 4 is 5.91 Å². The topological polar surface area (TPSA) is 68.2 Å². The van der Waals surface area contributed by atoms with Crippen LogP contribution in [0.5, 0.6) is 5.75 Å². The molecule has 0 radical (unpaired) electrons. The lowest BCUT2D eigenvalue weighted by atomic mass is 9.94. The van der Waals surface area contributed by atoms with Crippen molar-refractivity contribution in [3.05, 3.63) is 42.0 Å². The monoisotopic (exact) mass is 340 g/mol. The van der Waals surface area contributed by atoms with Crippen LogP contribution in [-0.2, 0) is 0 Å². The lowest BCUT2D eigenvalue weighted by Gasteiger charge is -2.23. The van der Waals surface area contributed by atoms with Crippen LogP contribution in [0.15, 0.2) is 30.7 Å². The molecule has 0 bridgehead atoms. The summed E-state index contributed by atoms with van der Waals surface area (Å²) in [6.45, 7) is 4.13. The Balaban J connectivity index is 1.48. The van der Waals surface area contributed by atoms with Crippen LogP contribution in [0.4, 0.5) is 0 Å². The minimum atomic E-state index is -0.0919. The normalized spacial score (nSPS) is 21.1. The Morgan fingerprint density at radius 2 is 2.20 bits per heavy atom. The molecular weight excluding hydrogens is 316 g/mol. The third-order valence-corrected chi connectivity index (χ3v) is 5.52. The number of methoxy groups -OCH3 is 1. The maximum atomic E-state index is 12.6. The fourth-order valence-electron chi connectivity index (χ4n) is 3.83. The third-order valence-electron chi connectivity index (χ3n) is 5.52. The number of nitrogens with one attached hydrogen (secondary N) is 2. The van der Waals surface area contributed by atoms with Crippen LogP contribution in [0, 0.1) is 12.3 Å². The van der Waals surface area contributed by atoms with Gasteiger partial charge < -0.3 is 19.9 Å². The van der Waals surface area contributed by atoms with Gasteiger partial charge in [-0.15, -0.1) is 0 Å². The van der Waals surface area contributed by atoms with Crippen molar-refractivity contribution in [2.45, 2.75) is 32.2 Å². The fourth-order valence-corrected chi connectivity index (χ4v) is 3.83. The van der Waals surface area contributed by atoms with Gasteiger partial charge in [-0.3, -0.25) is 4.79 Å². The zero-order valence-electron chi connectivity index (χ0n) is 14.7. The molecule has 2 aliphatic rings. The standard InChI is InChI=1S/C19H24N4O2/c1-13-3-4-16(25-2)15(9-13)23-11-14(21-12-23)18(24)22-17-10-19(17)5-7-20-8-6-19/h3-4,9,11-12,17,20H,5-8,10H2,1-2H3,(H,22,24). The average molecular weight is 340 g/mol. The van der Waals surface area contributed by atoms with Gasteiger partial charge in [0.1, 0.15) is 17.8 Å². The second-order valence-corrected chi connectivity index (χ2v) is 7.18. The largest absolute Gasteiger partial charge is 0.495 e. The van der Waals surface area contributed by atoms with Crippen molar-refractivity contribution in [2.24, 2.45) is 5.41 Å². The highest BCUT2D eigenvalue weighted by Crippen LogP contribution is 2.52. The SMILES string of the molecule is COc1ccc(C)cc1-n1cnc(C(=O)NC2CC23CCNCC3)c1. The summed E-state index contributed by atoms with van der Waals surface area (Å²) in [5.74, 6) is 0.664. The summed E-state index contributed by atoms with van der Waals surface area (Å²) in [4.78, 5) is 16.8. The van der Waals surface area contributed by atoms with Crippen LogP contribution in [0.3, 0.4) is 0 Å². The summed E-state index contributed by atoms with van der Waals surface area (Å²) in [6.07, 6.45) is 6.82. The van der Waals surface area contributed by atoms with E-state index in [2.05, 4.69) is 15.6 Å². The van der Waals surface area contributed by atoms with Gasteiger partial charge in [-0.2, -0.15) is 0 Å². The minimum absolute atomic E-state index is 0.0919. The molecule has 2 N–H and O–H groups in total. The van der Waals surface area contributed by atoms with Crippen LogP contribution in [-0.4, -0.2) is 41.7 Å². The molecule has 1 aromatic heterocycles. The molecule has 1 atom stereocenters.